The summed E-state index contributed by atoms with van der Waals surface area (Å²) < 4.78 is 0. The van der Waals surface area contributed by atoms with E-state index in [1.165, 1.54) is 31.8 Å². The Morgan fingerprint density at radius 3 is 2.30 bits per heavy atom. The monoisotopic (exact) mass is 160 g/mol. The quantitative estimate of drug-likeness (QED) is 0.412. The highest BCUT2D eigenvalue weighted by Crippen LogP contribution is 2.11. The molecule has 0 saturated carbocycles. The van der Waals surface area contributed by atoms with Crippen molar-refractivity contribution in [1.29, 1.82) is 0 Å². The topological polar surface area (TPSA) is 0 Å². The van der Waals surface area contributed by atoms with Crippen LogP contribution in [-0.2, 0) is 0 Å². The van der Waals surface area contributed by atoms with Crippen molar-refractivity contribution in [2.75, 3.05) is 12.8 Å². The average molecular weight is 160 g/mol. The summed E-state index contributed by atoms with van der Waals surface area (Å²) in [4.78, 5) is 0. The largest absolute Gasteiger partial charge is 0.125 e. The summed E-state index contributed by atoms with van der Waals surface area (Å²) in [5.74, 6) is 0.907. The molecule has 10 heavy (non-hydrogen) atoms. The Labute approximate surface area is 67.6 Å². The number of unbranched alkanes of at least 4 members (excludes halogenated alkanes) is 2. The number of hydrogen-bond donors (Lipinski definition) is 0. The summed E-state index contributed by atoms with van der Waals surface area (Å²) in [6.45, 7) is 6.91. The van der Waals surface area contributed by atoms with E-state index < -0.39 is 0 Å². The van der Waals surface area contributed by atoms with E-state index in [4.69, 9.17) is 0 Å². The van der Waals surface area contributed by atoms with Gasteiger partial charge >= 0.3 is 0 Å². The lowest BCUT2D eigenvalue weighted by molar-refractivity contribution is 0.535. The zero-order valence-electron chi connectivity index (χ0n) is 7.61. The van der Waals surface area contributed by atoms with Gasteiger partial charge in [0.05, 0.1) is 0 Å². The van der Waals surface area contributed by atoms with Crippen molar-refractivity contribution in [3.8, 4) is 0 Å². The minimum absolute atomic E-state index is 0.907. The molecule has 1 atom stereocenters. The van der Waals surface area contributed by atoms with Crippen LogP contribution in [0, 0.1) is 5.92 Å². The molecular weight excluding hydrogens is 139 g/mol. The molecule has 0 aliphatic rings. The van der Waals surface area contributed by atoms with E-state index in [2.05, 4.69) is 20.5 Å². The van der Waals surface area contributed by atoms with Gasteiger partial charge in [-0.3, -0.25) is 0 Å². The second kappa shape index (κ2) is 7.54. The third kappa shape index (κ3) is 8.43. The predicted octanol–water partition coefficient (Wildman–Crippen LogP) is 3.51. The first-order valence-electron chi connectivity index (χ1n) is 4.42. The van der Waals surface area contributed by atoms with Gasteiger partial charge in [0.15, 0.2) is 0 Å². The van der Waals surface area contributed by atoms with Gasteiger partial charge in [0.25, 0.3) is 0 Å². The maximum atomic E-state index is 2.31. The molecule has 0 aliphatic carbocycles. The molecule has 0 saturated heterocycles. The molecule has 0 aliphatic heterocycles. The van der Waals surface area contributed by atoms with Gasteiger partial charge in [0, 0.05) is 0 Å². The molecule has 0 fully saturated rings. The summed E-state index contributed by atoms with van der Waals surface area (Å²) in [5, 5.41) is 0. The Morgan fingerprint density at radius 1 is 1.10 bits per heavy atom. The highest BCUT2D eigenvalue weighted by atomic mass is 31.1. The molecule has 0 bridgehead atoms. The lowest BCUT2D eigenvalue weighted by atomic mass is 10.1. The molecule has 0 radical (unpaired) electrons. The van der Waals surface area contributed by atoms with Crippen LogP contribution in [0.2, 0.25) is 0 Å². The maximum Gasteiger partial charge on any atom is -0.0356 e. The molecule has 62 valence electrons. The number of hydrogen-bond acceptors (Lipinski definition) is 0. The van der Waals surface area contributed by atoms with Crippen LogP contribution in [-0.4, -0.2) is 12.8 Å². The van der Waals surface area contributed by atoms with E-state index in [-0.39, 0.29) is 0 Å². The van der Waals surface area contributed by atoms with Crippen molar-refractivity contribution in [3.05, 3.63) is 0 Å². The fourth-order valence-corrected chi connectivity index (χ4v) is 1.63. The predicted molar refractivity (Wildman–Crippen MR) is 52.4 cm³/mol. The van der Waals surface area contributed by atoms with E-state index >= 15 is 0 Å². The lowest BCUT2D eigenvalue weighted by Gasteiger charge is -2.02. The van der Waals surface area contributed by atoms with Gasteiger partial charge < -0.3 is 0 Å². The van der Waals surface area contributed by atoms with Crippen molar-refractivity contribution in [1.82, 2.24) is 0 Å². The first kappa shape index (κ1) is 10.4. The SMILES string of the molecule is CPCCCCCC(C)C. The Bertz CT molecular complexity index is 59.7. The van der Waals surface area contributed by atoms with Gasteiger partial charge in [0.2, 0.25) is 0 Å². The summed E-state index contributed by atoms with van der Waals surface area (Å²) >= 11 is 0. The van der Waals surface area contributed by atoms with Gasteiger partial charge in [-0.25, -0.2) is 0 Å². The Kier molecular flexibility index (Phi) is 7.86. The van der Waals surface area contributed by atoms with Crippen molar-refractivity contribution in [2.45, 2.75) is 39.5 Å². The summed E-state index contributed by atoms with van der Waals surface area (Å²) in [6.07, 6.45) is 7.24. The van der Waals surface area contributed by atoms with Crippen molar-refractivity contribution >= 4 is 8.58 Å². The molecule has 0 spiro atoms. The van der Waals surface area contributed by atoms with Gasteiger partial charge in [0.1, 0.15) is 0 Å². The second-order valence-electron chi connectivity index (χ2n) is 3.35. The Balaban J connectivity index is 2.77. The van der Waals surface area contributed by atoms with Gasteiger partial charge in [-0.2, -0.15) is 0 Å². The standard InChI is InChI=1S/C9H21P/c1-9(2)7-5-4-6-8-10-3/h9-10H,4-8H2,1-3H3. The van der Waals surface area contributed by atoms with Crippen molar-refractivity contribution < 1.29 is 0 Å². The molecule has 0 aromatic rings. The van der Waals surface area contributed by atoms with Crippen LogP contribution in [0.3, 0.4) is 0 Å². The first-order valence-corrected chi connectivity index (χ1v) is 6.12. The Morgan fingerprint density at radius 2 is 1.80 bits per heavy atom. The van der Waals surface area contributed by atoms with Crippen LogP contribution in [0.15, 0.2) is 0 Å². The van der Waals surface area contributed by atoms with E-state index in [0.29, 0.717) is 0 Å². The van der Waals surface area contributed by atoms with Gasteiger partial charge in [-0.1, -0.05) is 33.1 Å². The molecule has 0 nitrogen and oxygen atoms in total. The molecule has 0 amide bonds. The van der Waals surface area contributed by atoms with Crippen LogP contribution in [0.25, 0.3) is 0 Å². The van der Waals surface area contributed by atoms with E-state index in [1.807, 2.05) is 0 Å². The fourth-order valence-electron chi connectivity index (χ4n) is 1.03. The second-order valence-corrected chi connectivity index (χ2v) is 4.55. The molecule has 1 unspecified atom stereocenters. The molecule has 1 heteroatoms. The highest BCUT2D eigenvalue weighted by molar-refractivity contribution is 7.36. The molecule has 0 N–H and O–H groups in total. The Hall–Kier alpha value is 0.430. The van der Waals surface area contributed by atoms with E-state index in [0.717, 1.165) is 14.5 Å². The summed E-state index contributed by atoms with van der Waals surface area (Å²) in [6, 6.07) is 0. The minimum Gasteiger partial charge on any atom is -0.125 e. The molecule has 0 aromatic carbocycles. The lowest BCUT2D eigenvalue weighted by Crippen LogP contribution is -1.87. The van der Waals surface area contributed by atoms with Crippen LogP contribution in [0.1, 0.15) is 39.5 Å². The average Bonchev–Trinajstić information content (AvgIpc) is 1.87. The van der Waals surface area contributed by atoms with Crippen LogP contribution in [0.5, 0.6) is 0 Å². The van der Waals surface area contributed by atoms with Gasteiger partial charge in [-0.15, -0.1) is 8.58 Å². The normalized spacial score (nSPS) is 12.0. The third-order valence-electron chi connectivity index (χ3n) is 1.71. The fraction of sp³-hybridized carbons (Fsp3) is 1.00. The zero-order chi connectivity index (χ0) is 7.82. The van der Waals surface area contributed by atoms with Crippen LogP contribution >= 0.6 is 8.58 Å². The molecule has 0 rings (SSSR count). The molecule has 0 aromatic heterocycles. The van der Waals surface area contributed by atoms with Gasteiger partial charge in [-0.05, 0) is 25.2 Å². The van der Waals surface area contributed by atoms with Crippen molar-refractivity contribution in [2.24, 2.45) is 5.92 Å². The highest BCUT2D eigenvalue weighted by Gasteiger charge is 1.92. The molecular formula is C9H21P. The smallest absolute Gasteiger partial charge is 0.0356 e. The van der Waals surface area contributed by atoms with Crippen LogP contribution in [0.4, 0.5) is 0 Å². The molecule has 0 heterocycles. The third-order valence-corrected chi connectivity index (χ3v) is 2.56. The first-order chi connectivity index (χ1) is 4.77. The van der Waals surface area contributed by atoms with E-state index in [1.54, 1.807) is 0 Å². The summed E-state index contributed by atoms with van der Waals surface area (Å²) in [5.41, 5.74) is 0. The van der Waals surface area contributed by atoms with E-state index in [9.17, 15) is 0 Å². The maximum absolute atomic E-state index is 2.31. The zero-order valence-corrected chi connectivity index (χ0v) is 8.61. The number of rotatable bonds is 6. The van der Waals surface area contributed by atoms with Crippen LogP contribution < -0.4 is 0 Å². The summed E-state index contributed by atoms with van der Waals surface area (Å²) in [7, 11) is 1.16. The minimum atomic E-state index is 0.907. The van der Waals surface area contributed by atoms with Crippen molar-refractivity contribution in [3.63, 3.8) is 0 Å².